The van der Waals surface area contributed by atoms with Crippen molar-refractivity contribution in [1.29, 1.82) is 0 Å². The summed E-state index contributed by atoms with van der Waals surface area (Å²) < 4.78 is 12.7. The van der Waals surface area contributed by atoms with Crippen molar-refractivity contribution >= 4 is 5.91 Å². The second-order valence-electron chi connectivity index (χ2n) is 8.12. The molecule has 1 aliphatic rings. The molecule has 2 heterocycles. The summed E-state index contributed by atoms with van der Waals surface area (Å²) in [4.78, 5) is 14.6. The number of carbonyl (C=O) groups excluding carboxylic acids is 1. The number of piperidine rings is 1. The van der Waals surface area contributed by atoms with Gasteiger partial charge < -0.3 is 14.8 Å². The number of methoxy groups -OCH3 is 2. The second-order valence-corrected chi connectivity index (χ2v) is 8.12. The van der Waals surface area contributed by atoms with Gasteiger partial charge in [-0.05, 0) is 75.9 Å². The van der Waals surface area contributed by atoms with Crippen molar-refractivity contribution in [2.24, 2.45) is 5.92 Å². The van der Waals surface area contributed by atoms with Crippen LogP contribution in [0.4, 0.5) is 0 Å². The van der Waals surface area contributed by atoms with Gasteiger partial charge in [0.05, 0.1) is 26.5 Å². The Morgan fingerprint density at radius 2 is 1.87 bits per heavy atom. The molecule has 0 bridgehead atoms. The highest BCUT2D eigenvalue weighted by molar-refractivity contribution is 5.78. The number of nitrogens with one attached hydrogen (secondary N) is 1. The summed E-state index contributed by atoms with van der Waals surface area (Å²) in [6.45, 7) is 8.14. The molecule has 1 N–H and O–H groups in total. The van der Waals surface area contributed by atoms with Crippen LogP contribution < -0.4 is 14.8 Å². The molecule has 1 amide bonds. The Balaban J connectivity index is 1.36. The topological polar surface area (TPSA) is 68.6 Å². The zero-order valence-electron chi connectivity index (χ0n) is 18.6. The summed E-state index contributed by atoms with van der Waals surface area (Å²) in [5.74, 6) is 2.15. The lowest BCUT2D eigenvalue weighted by Crippen LogP contribution is -2.42. The molecule has 7 nitrogen and oxygen atoms in total. The molecule has 0 unspecified atom stereocenters. The molecule has 0 saturated carbocycles. The Labute approximate surface area is 179 Å². The van der Waals surface area contributed by atoms with Crippen LogP contribution >= 0.6 is 0 Å². The number of nitrogens with zero attached hydrogens (tertiary/aromatic N) is 3. The number of likely N-dealkylation sites (tertiary alicyclic amines) is 1. The molecule has 0 spiro atoms. The van der Waals surface area contributed by atoms with E-state index in [2.05, 4.69) is 33.0 Å². The van der Waals surface area contributed by atoms with E-state index >= 15 is 0 Å². The smallest absolute Gasteiger partial charge is 0.234 e. The van der Waals surface area contributed by atoms with Crippen molar-refractivity contribution in [3.05, 3.63) is 41.2 Å². The van der Waals surface area contributed by atoms with Gasteiger partial charge in [0.1, 0.15) is 0 Å². The number of benzene rings is 1. The fraction of sp³-hybridized carbons (Fsp3) is 0.565. The van der Waals surface area contributed by atoms with Gasteiger partial charge in [-0.25, -0.2) is 0 Å². The maximum absolute atomic E-state index is 12.3. The van der Waals surface area contributed by atoms with Gasteiger partial charge in [0.15, 0.2) is 11.5 Å². The summed E-state index contributed by atoms with van der Waals surface area (Å²) >= 11 is 0. The average molecular weight is 415 g/mol. The number of rotatable bonds is 9. The van der Waals surface area contributed by atoms with Gasteiger partial charge >= 0.3 is 0 Å². The standard InChI is InChI=1S/C23H34N4O3/c1-17-13-18(2)27(25-17)15-20-8-11-26(12-9-20)16-23(28)24-10-7-19-5-6-21(29-3)22(14-19)30-4/h5-6,13-14,20H,7-12,15-16H2,1-4H3,(H,24,28). The molecule has 164 valence electrons. The predicted molar refractivity (Wildman–Crippen MR) is 117 cm³/mol. The fourth-order valence-electron chi connectivity index (χ4n) is 4.07. The first kappa shape index (κ1) is 22.2. The SMILES string of the molecule is COc1ccc(CCNC(=O)CN2CCC(Cn3nc(C)cc3C)CC2)cc1OC. The molecular weight excluding hydrogens is 380 g/mol. The molecule has 2 aromatic rings. The van der Waals surface area contributed by atoms with Crippen molar-refractivity contribution in [3.8, 4) is 11.5 Å². The fourth-order valence-corrected chi connectivity index (χ4v) is 4.07. The Kier molecular flexibility index (Phi) is 7.74. The van der Waals surface area contributed by atoms with Crippen molar-refractivity contribution in [1.82, 2.24) is 20.0 Å². The van der Waals surface area contributed by atoms with E-state index in [0.29, 0.717) is 30.5 Å². The number of carbonyl (C=O) groups is 1. The Morgan fingerprint density at radius 1 is 1.13 bits per heavy atom. The Morgan fingerprint density at radius 3 is 2.50 bits per heavy atom. The van der Waals surface area contributed by atoms with E-state index in [9.17, 15) is 4.79 Å². The molecule has 1 aromatic carbocycles. The number of ether oxygens (including phenoxy) is 2. The minimum atomic E-state index is 0.0903. The number of aryl methyl sites for hydroxylation is 2. The van der Waals surface area contributed by atoms with Gasteiger partial charge in [-0.15, -0.1) is 0 Å². The highest BCUT2D eigenvalue weighted by Crippen LogP contribution is 2.27. The first-order valence-electron chi connectivity index (χ1n) is 10.7. The second kappa shape index (κ2) is 10.5. The first-order valence-corrected chi connectivity index (χ1v) is 10.7. The van der Waals surface area contributed by atoms with Crippen LogP contribution in [0.1, 0.15) is 29.8 Å². The van der Waals surface area contributed by atoms with E-state index < -0.39 is 0 Å². The summed E-state index contributed by atoms with van der Waals surface area (Å²) in [6, 6.07) is 7.98. The van der Waals surface area contributed by atoms with Crippen LogP contribution in [0, 0.1) is 19.8 Å². The molecule has 30 heavy (non-hydrogen) atoms. The molecule has 0 aliphatic carbocycles. The van der Waals surface area contributed by atoms with E-state index in [-0.39, 0.29) is 5.91 Å². The first-order chi connectivity index (χ1) is 14.5. The van der Waals surface area contributed by atoms with Crippen molar-refractivity contribution in [3.63, 3.8) is 0 Å². The highest BCUT2D eigenvalue weighted by Gasteiger charge is 2.21. The molecule has 1 fully saturated rings. The number of hydrogen-bond acceptors (Lipinski definition) is 5. The van der Waals surface area contributed by atoms with Crippen LogP contribution in [0.2, 0.25) is 0 Å². The molecule has 1 saturated heterocycles. The molecule has 1 aliphatic heterocycles. The zero-order chi connectivity index (χ0) is 21.5. The van der Waals surface area contributed by atoms with Crippen LogP contribution in [0.5, 0.6) is 11.5 Å². The third-order valence-electron chi connectivity index (χ3n) is 5.79. The van der Waals surface area contributed by atoms with E-state index in [1.54, 1.807) is 14.2 Å². The molecule has 3 rings (SSSR count). The van der Waals surface area contributed by atoms with E-state index in [0.717, 1.165) is 50.2 Å². The zero-order valence-corrected chi connectivity index (χ0v) is 18.6. The minimum Gasteiger partial charge on any atom is -0.493 e. The van der Waals surface area contributed by atoms with Gasteiger partial charge in [0.2, 0.25) is 5.91 Å². The van der Waals surface area contributed by atoms with Crippen LogP contribution in [-0.2, 0) is 17.8 Å². The number of aromatic nitrogens is 2. The monoisotopic (exact) mass is 414 g/mol. The van der Waals surface area contributed by atoms with Crippen LogP contribution in [0.3, 0.4) is 0 Å². The lowest BCUT2D eigenvalue weighted by Gasteiger charge is -2.31. The maximum atomic E-state index is 12.3. The van der Waals surface area contributed by atoms with Crippen LogP contribution in [-0.4, -0.2) is 61.0 Å². The van der Waals surface area contributed by atoms with E-state index in [1.165, 1.54) is 5.69 Å². The van der Waals surface area contributed by atoms with Gasteiger partial charge in [-0.1, -0.05) is 6.07 Å². The molecule has 1 aromatic heterocycles. The minimum absolute atomic E-state index is 0.0903. The third kappa shape index (κ3) is 5.98. The third-order valence-corrected chi connectivity index (χ3v) is 5.79. The Bertz CT molecular complexity index is 841. The molecule has 0 atom stereocenters. The quantitative estimate of drug-likeness (QED) is 0.683. The van der Waals surface area contributed by atoms with Gasteiger partial charge in [-0.3, -0.25) is 14.4 Å². The summed E-state index contributed by atoms with van der Waals surface area (Å²) in [7, 11) is 3.25. The predicted octanol–water partition coefficient (Wildman–Crippen LogP) is 2.59. The van der Waals surface area contributed by atoms with Crippen molar-refractivity contribution in [2.75, 3.05) is 40.4 Å². The van der Waals surface area contributed by atoms with Crippen LogP contribution in [0.25, 0.3) is 0 Å². The summed E-state index contributed by atoms with van der Waals surface area (Å²) in [5, 5.41) is 7.61. The lowest BCUT2D eigenvalue weighted by molar-refractivity contribution is -0.122. The van der Waals surface area contributed by atoms with Crippen molar-refractivity contribution in [2.45, 2.75) is 39.7 Å². The summed E-state index contributed by atoms with van der Waals surface area (Å²) in [6.07, 6.45) is 2.98. The number of hydrogen-bond donors (Lipinski definition) is 1. The van der Waals surface area contributed by atoms with Crippen molar-refractivity contribution < 1.29 is 14.3 Å². The van der Waals surface area contributed by atoms with Gasteiger partial charge in [0.25, 0.3) is 0 Å². The Hall–Kier alpha value is -2.54. The largest absolute Gasteiger partial charge is 0.493 e. The highest BCUT2D eigenvalue weighted by atomic mass is 16.5. The molecule has 7 heteroatoms. The average Bonchev–Trinajstić information content (AvgIpc) is 3.05. The van der Waals surface area contributed by atoms with Gasteiger partial charge in [-0.2, -0.15) is 5.10 Å². The normalized spacial score (nSPS) is 15.2. The van der Waals surface area contributed by atoms with Gasteiger partial charge in [0, 0.05) is 18.8 Å². The lowest BCUT2D eigenvalue weighted by atomic mass is 9.97. The van der Waals surface area contributed by atoms with Crippen LogP contribution in [0.15, 0.2) is 24.3 Å². The summed E-state index contributed by atoms with van der Waals surface area (Å²) in [5.41, 5.74) is 3.41. The van der Waals surface area contributed by atoms with E-state index in [1.807, 2.05) is 25.1 Å². The number of amides is 1. The molecular formula is C23H34N4O3. The molecule has 0 radical (unpaired) electrons. The van der Waals surface area contributed by atoms with E-state index in [4.69, 9.17) is 9.47 Å². The maximum Gasteiger partial charge on any atom is 0.234 e.